The van der Waals surface area contributed by atoms with Gasteiger partial charge in [-0.05, 0) is 56.7 Å². The molecule has 27 heavy (non-hydrogen) atoms. The predicted octanol–water partition coefficient (Wildman–Crippen LogP) is 1.27. The highest BCUT2D eigenvalue weighted by molar-refractivity contribution is 5.86. The van der Waals surface area contributed by atoms with Crippen LogP contribution in [-0.2, 0) is 9.53 Å². The van der Waals surface area contributed by atoms with Crippen molar-refractivity contribution in [2.75, 3.05) is 33.3 Å². The van der Waals surface area contributed by atoms with Crippen molar-refractivity contribution >= 4 is 30.7 Å². The number of aliphatic hydroxyl groups is 1. The minimum atomic E-state index is -0.668. The molecule has 3 fully saturated rings. The Kier molecular flexibility index (Phi) is 7.55. The van der Waals surface area contributed by atoms with E-state index in [2.05, 4.69) is 10.4 Å². The Morgan fingerprint density at radius 1 is 1.22 bits per heavy atom. The summed E-state index contributed by atoms with van der Waals surface area (Å²) in [6.45, 7) is 3.15. The van der Waals surface area contributed by atoms with Gasteiger partial charge in [-0.15, -0.1) is 24.8 Å². The lowest BCUT2D eigenvalue weighted by molar-refractivity contribution is -0.157. The first-order valence-corrected chi connectivity index (χ1v) is 9.35. The molecule has 0 bridgehead atoms. The van der Waals surface area contributed by atoms with Crippen LogP contribution in [0.2, 0.25) is 0 Å². The molecule has 2 saturated heterocycles. The molecular formula is C18H30Cl2N4O3. The number of fused-ring (bicyclic) bond motifs is 1. The molecule has 2 N–H and O–H groups in total. The van der Waals surface area contributed by atoms with Crippen molar-refractivity contribution in [1.82, 2.24) is 20.0 Å². The van der Waals surface area contributed by atoms with Gasteiger partial charge in [-0.2, -0.15) is 5.10 Å². The van der Waals surface area contributed by atoms with Crippen LogP contribution >= 0.6 is 24.8 Å². The van der Waals surface area contributed by atoms with Gasteiger partial charge in [-0.25, -0.2) is 0 Å². The van der Waals surface area contributed by atoms with Crippen LogP contribution < -0.4 is 5.32 Å². The van der Waals surface area contributed by atoms with Gasteiger partial charge in [0.25, 0.3) is 5.91 Å². The van der Waals surface area contributed by atoms with Gasteiger partial charge in [0.15, 0.2) is 0 Å². The van der Waals surface area contributed by atoms with Crippen molar-refractivity contribution in [3.63, 3.8) is 0 Å². The summed E-state index contributed by atoms with van der Waals surface area (Å²) >= 11 is 0. The number of nitrogens with one attached hydrogen (secondary N) is 1. The van der Waals surface area contributed by atoms with Gasteiger partial charge in [-0.3, -0.25) is 9.48 Å². The average Bonchev–Trinajstić information content (AvgIpc) is 3.30. The van der Waals surface area contributed by atoms with E-state index in [0.29, 0.717) is 11.8 Å². The molecule has 3 heterocycles. The van der Waals surface area contributed by atoms with Crippen LogP contribution in [0.5, 0.6) is 0 Å². The van der Waals surface area contributed by atoms with E-state index in [4.69, 9.17) is 4.74 Å². The third-order valence-electron chi connectivity index (χ3n) is 6.45. The lowest BCUT2D eigenvalue weighted by atomic mass is 9.77. The molecule has 1 amide bonds. The van der Waals surface area contributed by atoms with Gasteiger partial charge < -0.3 is 20.1 Å². The Morgan fingerprint density at radius 3 is 2.48 bits per heavy atom. The molecule has 4 rings (SSSR count). The van der Waals surface area contributed by atoms with Crippen LogP contribution in [0.25, 0.3) is 0 Å². The maximum absolute atomic E-state index is 13.2. The Balaban J connectivity index is 0.00000131. The molecule has 1 aromatic heterocycles. The Bertz CT molecular complexity index is 610. The number of aromatic nitrogens is 2. The largest absolute Gasteiger partial charge is 0.391 e. The molecule has 4 atom stereocenters. The lowest BCUT2D eigenvalue weighted by Crippen LogP contribution is -2.55. The van der Waals surface area contributed by atoms with Crippen molar-refractivity contribution < 1.29 is 14.6 Å². The van der Waals surface area contributed by atoms with Crippen LogP contribution in [0.1, 0.15) is 31.7 Å². The zero-order valence-electron chi connectivity index (χ0n) is 15.6. The molecular weight excluding hydrogens is 391 g/mol. The molecule has 1 aliphatic carbocycles. The predicted molar refractivity (Wildman–Crippen MR) is 106 cm³/mol. The summed E-state index contributed by atoms with van der Waals surface area (Å²) < 4.78 is 7.58. The number of hydrogen-bond acceptors (Lipinski definition) is 5. The average molecular weight is 421 g/mol. The normalized spacial score (nSPS) is 32.1. The number of likely N-dealkylation sites (tertiary alicyclic amines) is 1. The highest BCUT2D eigenvalue weighted by Gasteiger charge is 2.48. The SMILES string of the molecule is COC1(C(=O)N2C[C@H]3C[C@@H](n4cccn4)[C@H](O)C[C@H]3C2)CCNCC1.Cl.Cl. The van der Waals surface area contributed by atoms with Gasteiger partial charge in [-0.1, -0.05) is 0 Å². The number of carbonyl (C=O) groups is 1. The van der Waals surface area contributed by atoms with Crippen LogP contribution in [0.4, 0.5) is 0 Å². The smallest absolute Gasteiger partial charge is 0.254 e. The van der Waals surface area contributed by atoms with Gasteiger partial charge >= 0.3 is 0 Å². The third-order valence-corrected chi connectivity index (χ3v) is 6.45. The van der Waals surface area contributed by atoms with E-state index in [1.807, 2.05) is 21.8 Å². The standard InChI is InChI=1S/C18H28N4O3.2ClH/c1-25-18(3-6-19-7-4-18)17(24)21-11-13-9-15(22-8-2-5-20-22)16(23)10-14(13)12-21;;/h2,5,8,13-16,19,23H,3-4,6-7,9-12H2,1H3;2*1H/t13-,14+,15-,16-;;/m1../s1. The van der Waals surface area contributed by atoms with Crippen molar-refractivity contribution in [3.8, 4) is 0 Å². The molecule has 0 spiro atoms. The summed E-state index contributed by atoms with van der Waals surface area (Å²) in [6, 6.07) is 1.91. The Labute approximate surface area is 172 Å². The molecule has 1 saturated carbocycles. The second-order valence-corrected chi connectivity index (χ2v) is 7.77. The fourth-order valence-corrected chi connectivity index (χ4v) is 4.96. The molecule has 0 radical (unpaired) electrons. The van der Waals surface area contributed by atoms with Gasteiger partial charge in [0.1, 0.15) is 5.60 Å². The summed E-state index contributed by atoms with van der Waals surface area (Å²) in [5, 5.41) is 18.2. The van der Waals surface area contributed by atoms with E-state index in [-0.39, 0.29) is 36.8 Å². The first-order valence-electron chi connectivity index (χ1n) is 9.35. The summed E-state index contributed by atoms with van der Waals surface area (Å²) in [6.07, 6.45) is 6.34. The highest BCUT2D eigenvalue weighted by atomic mass is 35.5. The number of hydrogen-bond donors (Lipinski definition) is 2. The number of halogens is 2. The number of rotatable bonds is 3. The Hall–Kier alpha value is -0.860. The van der Waals surface area contributed by atoms with E-state index in [1.165, 1.54) is 0 Å². The summed E-state index contributed by atoms with van der Waals surface area (Å²) in [4.78, 5) is 15.2. The van der Waals surface area contributed by atoms with E-state index in [1.54, 1.807) is 13.3 Å². The third kappa shape index (κ3) is 4.12. The van der Waals surface area contributed by atoms with Gasteiger partial charge in [0, 0.05) is 32.6 Å². The van der Waals surface area contributed by atoms with Gasteiger partial charge in [0.05, 0.1) is 12.1 Å². The molecule has 9 heteroatoms. The number of aliphatic hydroxyl groups excluding tert-OH is 1. The molecule has 3 aliphatic rings. The zero-order valence-corrected chi connectivity index (χ0v) is 17.3. The number of amides is 1. The van der Waals surface area contributed by atoms with E-state index in [0.717, 1.165) is 51.9 Å². The zero-order chi connectivity index (χ0) is 17.4. The highest BCUT2D eigenvalue weighted by Crippen LogP contribution is 2.42. The number of nitrogens with zero attached hydrogens (tertiary/aromatic N) is 3. The summed E-state index contributed by atoms with van der Waals surface area (Å²) in [7, 11) is 1.66. The van der Waals surface area contributed by atoms with Crippen molar-refractivity contribution in [1.29, 1.82) is 0 Å². The van der Waals surface area contributed by atoms with Crippen LogP contribution in [0, 0.1) is 11.8 Å². The molecule has 0 aromatic carbocycles. The number of carbonyl (C=O) groups excluding carboxylic acids is 1. The molecule has 1 aromatic rings. The van der Waals surface area contributed by atoms with Crippen LogP contribution in [0.15, 0.2) is 18.5 Å². The second-order valence-electron chi connectivity index (χ2n) is 7.77. The first-order chi connectivity index (χ1) is 12.1. The van der Waals surface area contributed by atoms with Crippen molar-refractivity contribution in [3.05, 3.63) is 18.5 Å². The van der Waals surface area contributed by atoms with Crippen molar-refractivity contribution in [2.45, 2.75) is 43.4 Å². The second kappa shape index (κ2) is 9.09. The monoisotopic (exact) mass is 420 g/mol. The quantitative estimate of drug-likeness (QED) is 0.769. The minimum absolute atomic E-state index is 0. The lowest BCUT2D eigenvalue weighted by Gasteiger charge is -2.37. The maximum atomic E-state index is 13.2. The Morgan fingerprint density at radius 2 is 1.89 bits per heavy atom. The van der Waals surface area contributed by atoms with Crippen LogP contribution in [-0.4, -0.2) is 70.7 Å². The van der Waals surface area contributed by atoms with Gasteiger partial charge in [0.2, 0.25) is 0 Å². The summed E-state index contributed by atoms with van der Waals surface area (Å²) in [5.74, 6) is 0.939. The fraction of sp³-hybridized carbons (Fsp3) is 0.778. The van der Waals surface area contributed by atoms with Crippen molar-refractivity contribution in [2.24, 2.45) is 11.8 Å². The number of methoxy groups -OCH3 is 1. The minimum Gasteiger partial charge on any atom is -0.391 e. The number of piperidine rings is 1. The molecule has 7 nitrogen and oxygen atoms in total. The van der Waals surface area contributed by atoms with E-state index in [9.17, 15) is 9.90 Å². The van der Waals surface area contributed by atoms with Crippen LogP contribution in [0.3, 0.4) is 0 Å². The maximum Gasteiger partial charge on any atom is 0.254 e. The van der Waals surface area contributed by atoms with E-state index < -0.39 is 11.7 Å². The topological polar surface area (TPSA) is 79.6 Å². The number of ether oxygens (including phenoxy) is 1. The fourth-order valence-electron chi connectivity index (χ4n) is 4.96. The molecule has 0 unspecified atom stereocenters. The molecule has 2 aliphatic heterocycles. The summed E-state index contributed by atoms with van der Waals surface area (Å²) in [5.41, 5.74) is -0.668. The first kappa shape index (κ1) is 22.4. The molecule has 154 valence electrons. The van der Waals surface area contributed by atoms with E-state index >= 15 is 0 Å².